The predicted molar refractivity (Wildman–Crippen MR) is 114 cm³/mol. The number of thiophene rings is 1. The van der Waals surface area contributed by atoms with Crippen LogP contribution in [0.2, 0.25) is 0 Å². The Hall–Kier alpha value is -1.41. The highest BCUT2D eigenvalue weighted by Gasteiger charge is 2.33. The van der Waals surface area contributed by atoms with E-state index in [2.05, 4.69) is 26.9 Å². The van der Waals surface area contributed by atoms with Crippen molar-refractivity contribution in [2.75, 3.05) is 11.5 Å². The SMILES string of the molecule is O=S1(=O)CCC(N(Cc2cccs2)Cc2c(O)ccc3cc(Br)ccc23)C1. The molecular formula is C20H20BrNO3S2. The fourth-order valence-corrected chi connectivity index (χ4v) is 6.57. The molecule has 4 rings (SSSR count). The van der Waals surface area contributed by atoms with Gasteiger partial charge in [-0.25, -0.2) is 8.42 Å². The summed E-state index contributed by atoms with van der Waals surface area (Å²) in [4.78, 5) is 3.40. The van der Waals surface area contributed by atoms with Gasteiger partial charge in [-0.05, 0) is 46.8 Å². The van der Waals surface area contributed by atoms with Crippen LogP contribution in [0.1, 0.15) is 16.9 Å². The van der Waals surface area contributed by atoms with Crippen LogP contribution in [-0.2, 0) is 22.9 Å². The Labute approximate surface area is 171 Å². The van der Waals surface area contributed by atoms with E-state index in [1.807, 2.05) is 35.7 Å². The summed E-state index contributed by atoms with van der Waals surface area (Å²) in [6.45, 7) is 1.20. The zero-order valence-corrected chi connectivity index (χ0v) is 17.9. The summed E-state index contributed by atoms with van der Waals surface area (Å²) in [5.74, 6) is 0.685. The number of aromatic hydroxyl groups is 1. The van der Waals surface area contributed by atoms with Gasteiger partial charge in [0, 0.05) is 34.0 Å². The minimum absolute atomic E-state index is 0.0257. The van der Waals surface area contributed by atoms with Gasteiger partial charge in [-0.1, -0.05) is 34.1 Å². The highest BCUT2D eigenvalue weighted by molar-refractivity contribution is 9.10. The van der Waals surface area contributed by atoms with E-state index in [1.165, 1.54) is 4.88 Å². The molecule has 0 aliphatic carbocycles. The number of nitrogens with zero attached hydrogens (tertiary/aromatic N) is 1. The van der Waals surface area contributed by atoms with Gasteiger partial charge in [0.2, 0.25) is 0 Å². The first kappa shape index (κ1) is 18.9. The Morgan fingerprint density at radius 3 is 2.74 bits per heavy atom. The number of phenols is 1. The first-order valence-electron chi connectivity index (χ1n) is 8.78. The van der Waals surface area contributed by atoms with Gasteiger partial charge in [0.25, 0.3) is 0 Å². The normalized spacial score (nSPS) is 19.1. The van der Waals surface area contributed by atoms with E-state index < -0.39 is 9.84 Å². The summed E-state index contributed by atoms with van der Waals surface area (Å²) in [6, 6.07) is 13.7. The third kappa shape index (κ3) is 4.21. The molecular weight excluding hydrogens is 446 g/mol. The number of rotatable bonds is 5. The lowest BCUT2D eigenvalue weighted by Gasteiger charge is -2.28. The Bertz CT molecular complexity index is 1060. The third-order valence-corrected chi connectivity index (χ3v) is 8.20. The molecule has 2 heterocycles. The molecule has 0 radical (unpaired) electrons. The van der Waals surface area contributed by atoms with Crippen molar-refractivity contribution in [3.05, 3.63) is 62.8 Å². The standard InChI is InChI=1S/C20H20BrNO3S2/c21-15-4-5-18-14(10-15)3-6-20(23)19(18)12-22(11-17-2-1-8-26-17)16-7-9-27(24,25)13-16/h1-6,8,10,16,23H,7,9,11-13H2. The van der Waals surface area contributed by atoms with E-state index in [4.69, 9.17) is 0 Å². The molecule has 1 aliphatic heterocycles. The van der Waals surface area contributed by atoms with Crippen molar-refractivity contribution >= 4 is 47.9 Å². The number of fused-ring (bicyclic) bond motifs is 1. The topological polar surface area (TPSA) is 57.6 Å². The molecule has 7 heteroatoms. The molecule has 1 fully saturated rings. The Kier molecular flexibility index (Phi) is 5.29. The van der Waals surface area contributed by atoms with Crippen molar-refractivity contribution in [3.63, 3.8) is 0 Å². The summed E-state index contributed by atoms with van der Waals surface area (Å²) in [7, 11) is -2.98. The summed E-state index contributed by atoms with van der Waals surface area (Å²) in [6.07, 6.45) is 0.644. The molecule has 1 atom stereocenters. The van der Waals surface area contributed by atoms with Crippen molar-refractivity contribution in [1.82, 2.24) is 4.90 Å². The van der Waals surface area contributed by atoms with Gasteiger partial charge in [0.15, 0.2) is 9.84 Å². The van der Waals surface area contributed by atoms with Gasteiger partial charge in [-0.15, -0.1) is 11.3 Å². The van der Waals surface area contributed by atoms with E-state index in [1.54, 1.807) is 17.4 Å². The van der Waals surface area contributed by atoms with Gasteiger partial charge in [0.1, 0.15) is 5.75 Å². The molecule has 1 aliphatic rings. The van der Waals surface area contributed by atoms with E-state index in [9.17, 15) is 13.5 Å². The van der Waals surface area contributed by atoms with Crippen LogP contribution in [0, 0.1) is 0 Å². The van der Waals surface area contributed by atoms with E-state index >= 15 is 0 Å². The number of halogens is 1. The van der Waals surface area contributed by atoms with E-state index in [0.717, 1.165) is 20.8 Å². The lowest BCUT2D eigenvalue weighted by atomic mass is 10.0. The van der Waals surface area contributed by atoms with E-state index in [-0.39, 0.29) is 23.3 Å². The van der Waals surface area contributed by atoms with Crippen LogP contribution in [0.5, 0.6) is 5.75 Å². The van der Waals surface area contributed by atoms with Gasteiger partial charge in [-0.3, -0.25) is 4.90 Å². The molecule has 1 unspecified atom stereocenters. The number of benzene rings is 2. The quantitative estimate of drug-likeness (QED) is 0.599. The van der Waals surface area contributed by atoms with E-state index in [0.29, 0.717) is 19.5 Å². The molecule has 0 amide bonds. The van der Waals surface area contributed by atoms with Crippen LogP contribution in [0.15, 0.2) is 52.3 Å². The second-order valence-corrected chi connectivity index (χ2v) is 11.1. The average Bonchev–Trinajstić information content (AvgIpc) is 3.25. The fourth-order valence-electron chi connectivity index (χ4n) is 3.70. The molecule has 1 N–H and O–H groups in total. The smallest absolute Gasteiger partial charge is 0.151 e. The molecule has 142 valence electrons. The van der Waals surface area contributed by atoms with Gasteiger partial charge >= 0.3 is 0 Å². The van der Waals surface area contributed by atoms with Crippen LogP contribution in [0.4, 0.5) is 0 Å². The molecule has 27 heavy (non-hydrogen) atoms. The Balaban J connectivity index is 1.71. The summed E-state index contributed by atoms with van der Waals surface area (Å²) in [5, 5.41) is 14.6. The first-order chi connectivity index (χ1) is 12.9. The molecule has 0 saturated carbocycles. The maximum atomic E-state index is 12.0. The highest BCUT2D eigenvalue weighted by Crippen LogP contribution is 2.32. The summed E-state index contributed by atoms with van der Waals surface area (Å²) < 4.78 is 25.1. The van der Waals surface area contributed by atoms with Gasteiger partial charge in [0.05, 0.1) is 11.5 Å². The lowest BCUT2D eigenvalue weighted by molar-refractivity contribution is 0.195. The van der Waals surface area contributed by atoms with Crippen molar-refractivity contribution in [2.24, 2.45) is 0 Å². The average molecular weight is 466 g/mol. The molecule has 1 saturated heterocycles. The molecule has 0 spiro atoms. The van der Waals surface area contributed by atoms with Crippen LogP contribution in [-0.4, -0.2) is 36.0 Å². The molecule has 2 aromatic carbocycles. The van der Waals surface area contributed by atoms with Crippen LogP contribution < -0.4 is 0 Å². The first-order valence-corrected chi connectivity index (χ1v) is 12.3. The van der Waals surface area contributed by atoms with Crippen molar-refractivity contribution in [1.29, 1.82) is 0 Å². The molecule has 3 aromatic rings. The maximum Gasteiger partial charge on any atom is 0.151 e. The minimum atomic E-state index is -2.98. The zero-order valence-electron chi connectivity index (χ0n) is 14.6. The summed E-state index contributed by atoms with van der Waals surface area (Å²) >= 11 is 5.16. The molecule has 0 bridgehead atoms. The van der Waals surface area contributed by atoms with Crippen LogP contribution in [0.25, 0.3) is 10.8 Å². The second kappa shape index (κ2) is 7.54. The molecule has 4 nitrogen and oxygen atoms in total. The predicted octanol–water partition coefficient (Wildman–Crippen LogP) is 4.56. The minimum Gasteiger partial charge on any atom is -0.508 e. The number of phenolic OH excluding ortho intramolecular Hbond substituents is 1. The summed E-state index contributed by atoms with van der Waals surface area (Å²) in [5.41, 5.74) is 0.848. The van der Waals surface area contributed by atoms with Crippen molar-refractivity contribution in [3.8, 4) is 5.75 Å². The van der Waals surface area contributed by atoms with Crippen molar-refractivity contribution in [2.45, 2.75) is 25.6 Å². The molecule has 1 aromatic heterocycles. The zero-order chi connectivity index (χ0) is 19.0. The van der Waals surface area contributed by atoms with Crippen molar-refractivity contribution < 1.29 is 13.5 Å². The lowest BCUT2D eigenvalue weighted by Crippen LogP contribution is -2.35. The van der Waals surface area contributed by atoms with Crippen LogP contribution >= 0.6 is 27.3 Å². The number of hydrogen-bond acceptors (Lipinski definition) is 5. The Morgan fingerprint density at radius 2 is 2.04 bits per heavy atom. The Morgan fingerprint density at radius 1 is 1.19 bits per heavy atom. The fraction of sp³-hybridized carbons (Fsp3) is 0.300. The number of hydrogen-bond donors (Lipinski definition) is 1. The number of sulfone groups is 1. The second-order valence-electron chi connectivity index (χ2n) is 6.97. The largest absolute Gasteiger partial charge is 0.508 e. The highest BCUT2D eigenvalue weighted by atomic mass is 79.9. The maximum absolute atomic E-state index is 12.0. The van der Waals surface area contributed by atoms with Gasteiger partial charge in [-0.2, -0.15) is 0 Å². The third-order valence-electron chi connectivity index (χ3n) is 5.09. The monoisotopic (exact) mass is 465 g/mol. The van der Waals surface area contributed by atoms with Gasteiger partial charge < -0.3 is 5.11 Å². The van der Waals surface area contributed by atoms with Crippen LogP contribution in [0.3, 0.4) is 0 Å².